The molecule has 0 unspecified atom stereocenters. The fourth-order valence-corrected chi connectivity index (χ4v) is 4.10. The fraction of sp³-hybridized carbons (Fsp3) is 0.533. The van der Waals surface area contributed by atoms with E-state index in [1.807, 2.05) is 0 Å². The maximum atomic E-state index is 12.1. The van der Waals surface area contributed by atoms with E-state index in [1.54, 1.807) is 12.1 Å². The third kappa shape index (κ3) is 5.00. The molecule has 6 heteroatoms. The highest BCUT2D eigenvalue weighted by atomic mass is 35.5. The number of carbonyl (C=O) groups is 1. The Hall–Kier alpha value is -1.07. The van der Waals surface area contributed by atoms with Gasteiger partial charge >= 0.3 is 0 Å². The van der Waals surface area contributed by atoms with Crippen molar-refractivity contribution >= 4 is 27.3 Å². The molecule has 1 aromatic rings. The molecule has 1 aliphatic rings. The molecule has 1 N–H and O–H groups in total. The van der Waals surface area contributed by atoms with Crippen LogP contribution in [0.5, 0.6) is 0 Å². The molecule has 0 radical (unpaired) electrons. The number of amides is 1. The van der Waals surface area contributed by atoms with Gasteiger partial charge in [-0.3, -0.25) is 4.79 Å². The standard InChI is InChI=1S/C15H20ClNO3S/c16-13-6-3-7-14(10-13)21(19,20)9-8-15(18)17-11-12-4-1-2-5-12/h3,6-7,10,12H,1-2,4-5,8-9,11H2,(H,17,18). The molecule has 0 bridgehead atoms. The maximum absolute atomic E-state index is 12.1. The lowest BCUT2D eigenvalue weighted by Crippen LogP contribution is -2.29. The average Bonchev–Trinajstić information content (AvgIpc) is 2.96. The lowest BCUT2D eigenvalue weighted by molar-refractivity contribution is -0.120. The Morgan fingerprint density at radius 3 is 2.67 bits per heavy atom. The van der Waals surface area contributed by atoms with Gasteiger partial charge in [0.05, 0.1) is 10.6 Å². The van der Waals surface area contributed by atoms with Crippen LogP contribution in [0.25, 0.3) is 0 Å². The molecule has 0 atom stereocenters. The normalized spacial score (nSPS) is 16.0. The second kappa shape index (κ2) is 7.27. The largest absolute Gasteiger partial charge is 0.356 e. The molecule has 1 aromatic carbocycles. The molecule has 0 saturated heterocycles. The number of halogens is 1. The summed E-state index contributed by atoms with van der Waals surface area (Å²) in [7, 11) is -3.46. The van der Waals surface area contributed by atoms with Crippen molar-refractivity contribution in [3.63, 3.8) is 0 Å². The molecule has 4 nitrogen and oxygen atoms in total. The molecule has 1 aliphatic carbocycles. The summed E-state index contributed by atoms with van der Waals surface area (Å²) in [6.07, 6.45) is 4.75. The SMILES string of the molecule is O=C(CCS(=O)(=O)c1cccc(Cl)c1)NCC1CCCC1. The Labute approximate surface area is 130 Å². The summed E-state index contributed by atoms with van der Waals surface area (Å²) in [5, 5.41) is 3.21. The molecule has 2 rings (SSSR count). The Balaban J connectivity index is 1.82. The van der Waals surface area contributed by atoms with Crippen LogP contribution in [-0.4, -0.2) is 26.6 Å². The van der Waals surface area contributed by atoms with Crippen LogP contribution >= 0.6 is 11.6 Å². The van der Waals surface area contributed by atoms with E-state index in [2.05, 4.69) is 5.32 Å². The smallest absolute Gasteiger partial charge is 0.221 e. The van der Waals surface area contributed by atoms with Crippen molar-refractivity contribution in [1.29, 1.82) is 0 Å². The van der Waals surface area contributed by atoms with E-state index in [1.165, 1.54) is 25.0 Å². The minimum absolute atomic E-state index is 0.0123. The molecule has 1 amide bonds. The van der Waals surface area contributed by atoms with Crippen LogP contribution in [0, 0.1) is 5.92 Å². The highest BCUT2D eigenvalue weighted by Crippen LogP contribution is 2.23. The van der Waals surface area contributed by atoms with Crippen molar-refractivity contribution in [3.8, 4) is 0 Å². The number of rotatable bonds is 6. The van der Waals surface area contributed by atoms with Gasteiger partial charge in [0.1, 0.15) is 0 Å². The first-order chi connectivity index (χ1) is 9.97. The molecule has 0 aromatic heterocycles. The third-order valence-corrected chi connectivity index (χ3v) is 5.76. The molecule has 1 fully saturated rings. The van der Waals surface area contributed by atoms with Crippen LogP contribution < -0.4 is 5.32 Å². The Morgan fingerprint density at radius 1 is 1.29 bits per heavy atom. The molecular weight excluding hydrogens is 310 g/mol. The van der Waals surface area contributed by atoms with Gasteiger partial charge in [0, 0.05) is 18.0 Å². The number of sulfone groups is 1. The lowest BCUT2D eigenvalue weighted by atomic mass is 10.1. The summed E-state index contributed by atoms with van der Waals surface area (Å²) >= 11 is 5.79. The second-order valence-corrected chi connectivity index (χ2v) is 8.03. The summed E-state index contributed by atoms with van der Waals surface area (Å²) < 4.78 is 24.2. The van der Waals surface area contributed by atoms with Crippen LogP contribution in [0.3, 0.4) is 0 Å². The van der Waals surface area contributed by atoms with Gasteiger partial charge in [-0.15, -0.1) is 0 Å². The molecule has 116 valence electrons. The van der Waals surface area contributed by atoms with E-state index in [0.717, 1.165) is 12.8 Å². The van der Waals surface area contributed by atoms with Crippen molar-refractivity contribution < 1.29 is 13.2 Å². The van der Waals surface area contributed by atoms with E-state index in [-0.39, 0.29) is 23.0 Å². The maximum Gasteiger partial charge on any atom is 0.221 e. The molecule has 21 heavy (non-hydrogen) atoms. The van der Waals surface area contributed by atoms with Crippen molar-refractivity contribution in [2.75, 3.05) is 12.3 Å². The van der Waals surface area contributed by atoms with Gasteiger partial charge in [-0.05, 0) is 37.0 Å². The second-order valence-electron chi connectivity index (χ2n) is 5.48. The molecule has 0 heterocycles. The highest BCUT2D eigenvalue weighted by Gasteiger charge is 2.18. The molecule has 1 saturated carbocycles. The minimum Gasteiger partial charge on any atom is -0.356 e. The lowest BCUT2D eigenvalue weighted by Gasteiger charge is -2.10. The molecule has 0 aliphatic heterocycles. The van der Waals surface area contributed by atoms with Gasteiger partial charge in [-0.1, -0.05) is 30.5 Å². The number of hydrogen-bond donors (Lipinski definition) is 1. The highest BCUT2D eigenvalue weighted by molar-refractivity contribution is 7.91. The van der Waals surface area contributed by atoms with Crippen LogP contribution in [0.2, 0.25) is 5.02 Å². The van der Waals surface area contributed by atoms with Crippen LogP contribution in [0.15, 0.2) is 29.2 Å². The average molecular weight is 330 g/mol. The summed E-state index contributed by atoms with van der Waals surface area (Å²) in [6.45, 7) is 0.663. The van der Waals surface area contributed by atoms with Gasteiger partial charge in [0.25, 0.3) is 0 Å². The molecular formula is C15H20ClNO3S. The quantitative estimate of drug-likeness (QED) is 0.872. The van der Waals surface area contributed by atoms with Crippen molar-refractivity contribution in [3.05, 3.63) is 29.3 Å². The van der Waals surface area contributed by atoms with Gasteiger partial charge < -0.3 is 5.32 Å². The Morgan fingerprint density at radius 2 is 2.00 bits per heavy atom. The van der Waals surface area contributed by atoms with Gasteiger partial charge in [0.2, 0.25) is 5.91 Å². The van der Waals surface area contributed by atoms with E-state index >= 15 is 0 Å². The Bertz CT molecular complexity index is 595. The predicted molar refractivity (Wildman–Crippen MR) is 83.1 cm³/mol. The van der Waals surface area contributed by atoms with E-state index in [0.29, 0.717) is 17.5 Å². The number of hydrogen-bond acceptors (Lipinski definition) is 3. The molecule has 0 spiro atoms. The van der Waals surface area contributed by atoms with Gasteiger partial charge in [0.15, 0.2) is 9.84 Å². The van der Waals surface area contributed by atoms with Crippen molar-refractivity contribution in [2.45, 2.75) is 37.0 Å². The first-order valence-corrected chi connectivity index (χ1v) is 9.25. The third-order valence-electron chi connectivity index (χ3n) is 3.82. The Kier molecular flexibility index (Phi) is 5.65. The van der Waals surface area contributed by atoms with E-state index < -0.39 is 9.84 Å². The fourth-order valence-electron chi connectivity index (χ4n) is 2.57. The topological polar surface area (TPSA) is 63.2 Å². The van der Waals surface area contributed by atoms with Crippen molar-refractivity contribution in [1.82, 2.24) is 5.32 Å². The summed E-state index contributed by atoms with van der Waals surface area (Å²) in [6, 6.07) is 6.12. The minimum atomic E-state index is -3.46. The zero-order valence-corrected chi connectivity index (χ0v) is 13.4. The number of nitrogens with one attached hydrogen (secondary N) is 1. The van der Waals surface area contributed by atoms with Crippen LogP contribution in [0.4, 0.5) is 0 Å². The first kappa shape index (κ1) is 16.3. The summed E-state index contributed by atoms with van der Waals surface area (Å²) in [4.78, 5) is 11.9. The van der Waals surface area contributed by atoms with Crippen LogP contribution in [-0.2, 0) is 14.6 Å². The summed E-state index contributed by atoms with van der Waals surface area (Å²) in [5.41, 5.74) is 0. The first-order valence-electron chi connectivity index (χ1n) is 7.22. The predicted octanol–water partition coefficient (Wildman–Crippen LogP) is 2.81. The number of carbonyl (C=O) groups excluding carboxylic acids is 1. The zero-order valence-electron chi connectivity index (χ0n) is 11.8. The summed E-state index contributed by atoms with van der Waals surface area (Å²) in [5.74, 6) is 0.162. The van der Waals surface area contributed by atoms with E-state index in [9.17, 15) is 13.2 Å². The van der Waals surface area contributed by atoms with E-state index in [4.69, 9.17) is 11.6 Å². The van der Waals surface area contributed by atoms with Crippen molar-refractivity contribution in [2.24, 2.45) is 5.92 Å². The van der Waals surface area contributed by atoms with Crippen LogP contribution in [0.1, 0.15) is 32.1 Å². The zero-order chi connectivity index (χ0) is 15.3. The van der Waals surface area contributed by atoms with Gasteiger partial charge in [-0.2, -0.15) is 0 Å². The number of benzene rings is 1. The van der Waals surface area contributed by atoms with Gasteiger partial charge in [-0.25, -0.2) is 8.42 Å². The monoisotopic (exact) mass is 329 g/mol.